The first-order valence-corrected chi connectivity index (χ1v) is 9.32. The molecule has 0 aliphatic rings. The van der Waals surface area contributed by atoms with E-state index in [2.05, 4.69) is 14.8 Å². The molecule has 3 aromatic rings. The fraction of sp³-hybridized carbons (Fsp3) is 0.143. The van der Waals surface area contributed by atoms with Crippen molar-refractivity contribution in [2.45, 2.75) is 12.5 Å². The molecule has 2 N–H and O–H groups in total. The summed E-state index contributed by atoms with van der Waals surface area (Å²) in [4.78, 5) is 12.8. The van der Waals surface area contributed by atoms with Gasteiger partial charge in [0.15, 0.2) is 5.82 Å². The highest BCUT2D eigenvalue weighted by molar-refractivity contribution is 6.06. The third kappa shape index (κ3) is 6.22. The topological polar surface area (TPSA) is 80.9 Å². The maximum Gasteiger partial charge on any atom is 0.573 e. The summed E-state index contributed by atoms with van der Waals surface area (Å²) in [5.74, 6) is -6.03. The Morgan fingerprint density at radius 2 is 1.63 bits per heavy atom. The largest absolute Gasteiger partial charge is 0.573 e. The summed E-state index contributed by atoms with van der Waals surface area (Å²) in [6.45, 7) is 0. The molecule has 0 saturated carbocycles. The highest BCUT2D eigenvalue weighted by Crippen LogP contribution is 2.44. The molecule has 35 heavy (non-hydrogen) atoms. The van der Waals surface area contributed by atoms with Crippen LogP contribution in [0.15, 0.2) is 54.9 Å². The summed E-state index contributed by atoms with van der Waals surface area (Å²) in [6, 6.07) is 6.74. The average molecular weight is 507 g/mol. The maximum absolute atomic E-state index is 15.1. The number of pyridine rings is 1. The molecule has 1 amide bonds. The molecule has 0 atom stereocenters. The molecule has 14 heteroatoms. The van der Waals surface area contributed by atoms with E-state index in [1.54, 1.807) is 0 Å². The molecule has 0 fully saturated rings. The van der Waals surface area contributed by atoms with E-state index in [1.807, 2.05) is 0 Å². The van der Waals surface area contributed by atoms with E-state index in [-0.39, 0.29) is 11.4 Å². The SMILES string of the molecule is COc1cc(Oc2ccc(OC(F)(F)F)cc2)c(C(=O)Nc2ccc[n+](O)c2)c(F)c1C(F)(F)F. The fourth-order valence-electron chi connectivity index (χ4n) is 2.89. The minimum absolute atomic E-state index is 0.108. The number of hydrogen-bond acceptors (Lipinski definition) is 5. The van der Waals surface area contributed by atoms with Gasteiger partial charge >= 0.3 is 12.5 Å². The van der Waals surface area contributed by atoms with Crippen LogP contribution >= 0.6 is 0 Å². The van der Waals surface area contributed by atoms with Crippen LogP contribution in [0.1, 0.15) is 15.9 Å². The molecule has 1 aromatic heterocycles. The summed E-state index contributed by atoms with van der Waals surface area (Å²) >= 11 is 0. The minimum Gasteiger partial charge on any atom is -0.496 e. The molecular formula is C21H14F7N2O5+. The first-order chi connectivity index (χ1) is 16.3. The Balaban J connectivity index is 2.07. The Bertz CT molecular complexity index is 1230. The van der Waals surface area contributed by atoms with E-state index in [1.165, 1.54) is 18.3 Å². The van der Waals surface area contributed by atoms with Crippen LogP contribution in [-0.4, -0.2) is 24.6 Å². The lowest BCUT2D eigenvalue weighted by Crippen LogP contribution is -2.29. The molecule has 2 aromatic carbocycles. The number of carbonyl (C=O) groups excluding carboxylic acids is 1. The monoisotopic (exact) mass is 507 g/mol. The van der Waals surface area contributed by atoms with E-state index in [0.717, 1.165) is 37.6 Å². The zero-order valence-corrected chi connectivity index (χ0v) is 17.4. The Morgan fingerprint density at radius 3 is 2.17 bits per heavy atom. The van der Waals surface area contributed by atoms with Gasteiger partial charge in [-0.1, -0.05) is 0 Å². The predicted octanol–water partition coefficient (Wildman–Crippen LogP) is 5.32. The summed E-state index contributed by atoms with van der Waals surface area (Å²) in [5, 5.41) is 11.6. The third-order valence-corrected chi connectivity index (χ3v) is 4.25. The van der Waals surface area contributed by atoms with Crippen molar-refractivity contribution < 1.29 is 59.7 Å². The molecule has 0 aliphatic heterocycles. The molecule has 186 valence electrons. The Kier molecular flexibility index (Phi) is 6.94. The van der Waals surface area contributed by atoms with E-state index in [4.69, 9.17) is 4.74 Å². The molecule has 7 nitrogen and oxygen atoms in total. The van der Waals surface area contributed by atoms with Gasteiger partial charge in [0.05, 0.1) is 7.11 Å². The molecule has 0 saturated heterocycles. The number of carbonyl (C=O) groups is 1. The fourth-order valence-corrected chi connectivity index (χ4v) is 2.89. The number of aromatic nitrogens is 1. The third-order valence-electron chi connectivity index (χ3n) is 4.25. The zero-order chi connectivity index (χ0) is 26.0. The van der Waals surface area contributed by atoms with E-state index < -0.39 is 52.6 Å². The first-order valence-electron chi connectivity index (χ1n) is 9.32. The van der Waals surface area contributed by atoms with Crippen molar-refractivity contribution in [2.24, 2.45) is 0 Å². The number of ether oxygens (including phenoxy) is 3. The normalized spacial score (nSPS) is 11.7. The zero-order valence-electron chi connectivity index (χ0n) is 17.4. The lowest BCUT2D eigenvalue weighted by atomic mass is 10.1. The number of hydrogen-bond donors (Lipinski definition) is 2. The number of methoxy groups -OCH3 is 1. The predicted molar refractivity (Wildman–Crippen MR) is 103 cm³/mol. The van der Waals surface area contributed by atoms with Gasteiger partial charge in [0, 0.05) is 16.9 Å². The number of nitrogens with one attached hydrogen (secondary N) is 1. The van der Waals surface area contributed by atoms with Crippen LogP contribution in [0.2, 0.25) is 0 Å². The first kappa shape index (κ1) is 25.4. The second kappa shape index (κ2) is 9.56. The molecule has 0 aliphatic carbocycles. The van der Waals surface area contributed by atoms with Crippen LogP contribution in [0.4, 0.5) is 36.4 Å². The van der Waals surface area contributed by atoms with Gasteiger partial charge in [0.25, 0.3) is 5.91 Å². The Hall–Kier alpha value is -4.23. The van der Waals surface area contributed by atoms with Gasteiger partial charge in [-0.3, -0.25) is 10.0 Å². The number of anilines is 1. The molecule has 0 unspecified atom stereocenters. The van der Waals surface area contributed by atoms with Crippen LogP contribution < -0.4 is 24.3 Å². The standard InChI is InChI=1S/C21H13F7N2O5/c1-33-15-9-14(34-12-4-6-13(7-5-12)35-21(26,27)28)16(18(22)17(15)20(23,24)25)19(31)29-11-3-2-8-30(32)10-11/h2-10H,1H3,(H-,29,31,32)/p+1. The van der Waals surface area contributed by atoms with Crippen LogP contribution in [0.5, 0.6) is 23.0 Å². The molecule has 0 radical (unpaired) electrons. The van der Waals surface area contributed by atoms with Gasteiger partial charge in [-0.25, -0.2) is 4.39 Å². The molecule has 0 bridgehead atoms. The number of benzene rings is 2. The second-order valence-corrected chi connectivity index (χ2v) is 6.69. The number of alkyl halides is 6. The Labute approximate surface area is 191 Å². The highest BCUT2D eigenvalue weighted by Gasteiger charge is 2.41. The van der Waals surface area contributed by atoms with Crippen molar-refractivity contribution >= 4 is 11.6 Å². The van der Waals surface area contributed by atoms with Crippen LogP contribution in [0, 0.1) is 5.82 Å². The molecule has 0 spiro atoms. The van der Waals surface area contributed by atoms with Gasteiger partial charge in [-0.15, -0.1) is 13.2 Å². The summed E-state index contributed by atoms with van der Waals surface area (Å²) in [5.41, 5.74) is -3.16. The summed E-state index contributed by atoms with van der Waals surface area (Å²) in [7, 11) is 0.834. The number of halogens is 7. The number of amides is 1. The number of nitrogens with zero attached hydrogens (tertiary/aromatic N) is 1. The van der Waals surface area contributed by atoms with Gasteiger partial charge < -0.3 is 19.5 Å². The van der Waals surface area contributed by atoms with Crippen LogP contribution in [0.3, 0.4) is 0 Å². The molecular weight excluding hydrogens is 493 g/mol. The van der Waals surface area contributed by atoms with Crippen molar-refractivity contribution in [3.63, 3.8) is 0 Å². The van der Waals surface area contributed by atoms with Crippen molar-refractivity contribution in [1.82, 2.24) is 0 Å². The molecule has 3 rings (SSSR count). The van der Waals surface area contributed by atoms with Crippen LogP contribution in [-0.2, 0) is 6.18 Å². The molecule has 1 heterocycles. The quantitative estimate of drug-likeness (QED) is 0.268. The van der Waals surface area contributed by atoms with E-state index in [9.17, 15) is 36.3 Å². The van der Waals surface area contributed by atoms with E-state index in [0.29, 0.717) is 10.8 Å². The second-order valence-electron chi connectivity index (χ2n) is 6.69. The van der Waals surface area contributed by atoms with Crippen LogP contribution in [0.25, 0.3) is 0 Å². The summed E-state index contributed by atoms with van der Waals surface area (Å²) < 4.78 is 107. The Morgan fingerprint density at radius 1 is 1.00 bits per heavy atom. The van der Waals surface area contributed by atoms with Gasteiger partial charge in [-0.2, -0.15) is 13.2 Å². The summed E-state index contributed by atoms with van der Waals surface area (Å²) in [6.07, 6.45) is -8.09. The van der Waals surface area contributed by atoms with E-state index >= 15 is 4.39 Å². The van der Waals surface area contributed by atoms with Crippen molar-refractivity contribution in [2.75, 3.05) is 12.4 Å². The van der Waals surface area contributed by atoms with Gasteiger partial charge in [0.1, 0.15) is 39.8 Å². The minimum atomic E-state index is -5.26. The van der Waals surface area contributed by atoms with Crippen molar-refractivity contribution in [3.8, 4) is 23.0 Å². The van der Waals surface area contributed by atoms with Gasteiger partial charge in [-0.05, 0) is 30.3 Å². The lowest BCUT2D eigenvalue weighted by molar-refractivity contribution is -0.904. The maximum atomic E-state index is 15.1. The smallest absolute Gasteiger partial charge is 0.496 e. The number of rotatable bonds is 6. The highest BCUT2D eigenvalue weighted by atomic mass is 19.4. The van der Waals surface area contributed by atoms with Crippen molar-refractivity contribution in [1.29, 1.82) is 0 Å². The van der Waals surface area contributed by atoms with Gasteiger partial charge in [0.2, 0.25) is 12.4 Å². The average Bonchev–Trinajstić information content (AvgIpc) is 2.72. The lowest BCUT2D eigenvalue weighted by Gasteiger charge is -2.19. The van der Waals surface area contributed by atoms with Crippen molar-refractivity contribution in [3.05, 3.63) is 71.8 Å².